The fourth-order valence-corrected chi connectivity index (χ4v) is 4.19. The highest BCUT2D eigenvalue weighted by Crippen LogP contribution is 2.42. The first-order valence-corrected chi connectivity index (χ1v) is 9.27. The Morgan fingerprint density at radius 2 is 1.96 bits per heavy atom. The fourth-order valence-electron chi connectivity index (χ4n) is 4.19. The van der Waals surface area contributed by atoms with Crippen LogP contribution in [-0.4, -0.2) is 28.3 Å². The van der Waals surface area contributed by atoms with Crippen LogP contribution in [0.5, 0.6) is 5.75 Å². The Balaban J connectivity index is 1.38. The number of aromatic amines is 1. The number of hydrogen-bond donors (Lipinski definition) is 3. The highest BCUT2D eigenvalue weighted by Gasteiger charge is 2.45. The molecular weight excluding hydrogens is 373 g/mol. The zero-order chi connectivity index (χ0) is 19.8. The number of ether oxygens (including phenoxy) is 1. The zero-order valence-corrected chi connectivity index (χ0v) is 15.1. The predicted octanol–water partition coefficient (Wildman–Crippen LogP) is 2.91. The summed E-state index contributed by atoms with van der Waals surface area (Å²) in [4.78, 5) is 20.3. The van der Waals surface area contributed by atoms with Crippen LogP contribution in [0.4, 0.5) is 13.2 Å². The summed E-state index contributed by atoms with van der Waals surface area (Å²) in [6, 6.07) is 5.09. The first-order valence-electron chi connectivity index (χ1n) is 9.27. The molecule has 1 fully saturated rings. The molecule has 1 aromatic carbocycles. The number of nitrogens with one attached hydrogen (secondary N) is 3. The number of halogens is 3. The van der Waals surface area contributed by atoms with Gasteiger partial charge in [-0.3, -0.25) is 10.1 Å². The van der Waals surface area contributed by atoms with Gasteiger partial charge in [-0.25, -0.2) is 4.98 Å². The van der Waals surface area contributed by atoms with E-state index < -0.39 is 6.36 Å². The molecule has 9 heteroatoms. The monoisotopic (exact) mass is 394 g/mol. The summed E-state index contributed by atoms with van der Waals surface area (Å²) in [6.07, 6.45) is 1.59. The number of fused-ring (bicyclic) bond motifs is 2. The molecule has 3 N–H and O–H groups in total. The molecule has 0 unspecified atom stereocenters. The molecule has 150 valence electrons. The molecule has 0 saturated heterocycles. The number of imidazole rings is 1. The van der Waals surface area contributed by atoms with Crippen molar-refractivity contribution in [2.45, 2.75) is 56.6 Å². The van der Waals surface area contributed by atoms with Gasteiger partial charge in [0.05, 0.1) is 23.6 Å². The maximum absolute atomic E-state index is 12.7. The summed E-state index contributed by atoms with van der Waals surface area (Å²) in [6.45, 7) is 0.228. The number of alkyl halides is 3. The van der Waals surface area contributed by atoms with E-state index in [1.165, 1.54) is 24.3 Å². The third kappa shape index (κ3) is 3.84. The van der Waals surface area contributed by atoms with Crippen molar-refractivity contribution < 1.29 is 22.7 Å². The minimum absolute atomic E-state index is 0.137. The highest BCUT2D eigenvalue weighted by molar-refractivity contribution is 5.82. The third-order valence-corrected chi connectivity index (χ3v) is 5.43. The average Bonchev–Trinajstić information content (AvgIpc) is 3.30. The van der Waals surface area contributed by atoms with E-state index in [1.54, 1.807) is 6.33 Å². The third-order valence-electron chi connectivity index (χ3n) is 5.43. The Hall–Kier alpha value is -2.55. The molecule has 2 aromatic rings. The molecule has 4 rings (SSSR count). The van der Waals surface area contributed by atoms with Crippen LogP contribution in [0.2, 0.25) is 0 Å². The Morgan fingerprint density at radius 3 is 2.64 bits per heavy atom. The first kappa shape index (κ1) is 18.8. The summed E-state index contributed by atoms with van der Waals surface area (Å²) >= 11 is 0. The molecule has 0 bridgehead atoms. The molecule has 28 heavy (non-hydrogen) atoms. The van der Waals surface area contributed by atoms with Crippen molar-refractivity contribution in [3.05, 3.63) is 47.5 Å². The number of hydrogen-bond acceptors (Lipinski definition) is 4. The van der Waals surface area contributed by atoms with E-state index >= 15 is 0 Å². The van der Waals surface area contributed by atoms with Crippen molar-refractivity contribution in [1.29, 1.82) is 0 Å². The number of benzene rings is 1. The molecular formula is C19H21F3N4O2. The standard InChI is InChI=1S/C19H21F3N4O2/c20-19(21,22)28-13-5-3-12(4-6-13)10-23-17(27)15-9-14-16(25-11-24-14)18(26-15)7-1-2-8-18/h3-6,11,15,26H,1-2,7-10H2,(H,23,27)(H,24,25)/t15-/m0/s1. The van der Waals surface area contributed by atoms with Crippen molar-refractivity contribution in [2.75, 3.05) is 0 Å². The average molecular weight is 394 g/mol. The topological polar surface area (TPSA) is 79.0 Å². The lowest BCUT2D eigenvalue weighted by Gasteiger charge is -2.38. The van der Waals surface area contributed by atoms with E-state index in [0.29, 0.717) is 12.0 Å². The number of nitrogens with zero attached hydrogens (tertiary/aromatic N) is 1. The van der Waals surface area contributed by atoms with Crippen LogP contribution < -0.4 is 15.4 Å². The lowest BCUT2D eigenvalue weighted by Crippen LogP contribution is -2.57. The maximum atomic E-state index is 12.7. The van der Waals surface area contributed by atoms with Gasteiger partial charge in [-0.2, -0.15) is 0 Å². The highest BCUT2D eigenvalue weighted by atomic mass is 19.4. The molecule has 1 aromatic heterocycles. The summed E-state index contributed by atoms with van der Waals surface area (Å²) in [5.41, 5.74) is 2.46. The first-order chi connectivity index (χ1) is 13.3. The number of carbonyl (C=O) groups is 1. The van der Waals surface area contributed by atoms with Gasteiger partial charge >= 0.3 is 6.36 Å². The van der Waals surface area contributed by atoms with Crippen LogP contribution in [0, 0.1) is 0 Å². The predicted molar refractivity (Wildman–Crippen MR) is 94.3 cm³/mol. The van der Waals surface area contributed by atoms with Gasteiger partial charge in [0.15, 0.2) is 0 Å². The molecule has 1 aliphatic heterocycles. The van der Waals surface area contributed by atoms with Crippen molar-refractivity contribution in [2.24, 2.45) is 0 Å². The number of aromatic nitrogens is 2. The second-order valence-electron chi connectivity index (χ2n) is 7.33. The molecule has 6 nitrogen and oxygen atoms in total. The minimum atomic E-state index is -4.72. The zero-order valence-electron chi connectivity index (χ0n) is 15.1. The van der Waals surface area contributed by atoms with Crippen molar-refractivity contribution in [3.8, 4) is 5.75 Å². The molecule has 1 amide bonds. The lowest BCUT2D eigenvalue weighted by atomic mass is 9.84. The quantitative estimate of drug-likeness (QED) is 0.745. The summed E-state index contributed by atoms with van der Waals surface area (Å²) < 4.78 is 40.5. The van der Waals surface area contributed by atoms with Crippen molar-refractivity contribution in [3.63, 3.8) is 0 Å². The van der Waals surface area contributed by atoms with Gasteiger partial charge in [0.2, 0.25) is 5.91 Å². The van der Waals surface area contributed by atoms with E-state index in [4.69, 9.17) is 0 Å². The van der Waals surface area contributed by atoms with E-state index in [9.17, 15) is 18.0 Å². The van der Waals surface area contributed by atoms with Gasteiger partial charge in [-0.05, 0) is 30.5 Å². The van der Waals surface area contributed by atoms with Gasteiger partial charge in [0, 0.05) is 18.7 Å². The normalized spacial score (nSPS) is 20.8. The summed E-state index contributed by atoms with van der Waals surface area (Å²) in [5.74, 6) is -0.423. The van der Waals surface area contributed by atoms with Crippen molar-refractivity contribution in [1.82, 2.24) is 20.6 Å². The lowest BCUT2D eigenvalue weighted by molar-refractivity contribution is -0.274. The van der Waals surface area contributed by atoms with Crippen LogP contribution in [0.25, 0.3) is 0 Å². The Kier molecular flexibility index (Phi) is 4.78. The molecule has 1 saturated carbocycles. The fraction of sp³-hybridized carbons (Fsp3) is 0.474. The van der Waals surface area contributed by atoms with Gasteiger partial charge in [0.1, 0.15) is 5.75 Å². The summed E-state index contributed by atoms with van der Waals surface area (Å²) in [7, 11) is 0. The van der Waals surface area contributed by atoms with Gasteiger partial charge in [-0.1, -0.05) is 25.0 Å². The molecule has 1 spiro atoms. The SMILES string of the molecule is O=C(NCc1ccc(OC(F)(F)F)cc1)[C@@H]1Cc2[nH]cnc2C2(CCCC2)N1. The number of amides is 1. The Morgan fingerprint density at radius 1 is 1.25 bits per heavy atom. The number of carbonyl (C=O) groups excluding carboxylic acids is 1. The number of H-pyrrole nitrogens is 1. The van der Waals surface area contributed by atoms with Crippen LogP contribution in [-0.2, 0) is 23.3 Å². The van der Waals surface area contributed by atoms with Gasteiger partial charge in [0.25, 0.3) is 0 Å². The van der Waals surface area contributed by atoms with E-state index in [1.807, 2.05) is 0 Å². The molecule has 1 aliphatic carbocycles. The number of rotatable bonds is 4. The molecule has 0 radical (unpaired) electrons. The maximum Gasteiger partial charge on any atom is 0.573 e. The van der Waals surface area contributed by atoms with E-state index in [-0.39, 0.29) is 29.8 Å². The Labute approximate surface area is 159 Å². The second-order valence-corrected chi connectivity index (χ2v) is 7.33. The Bertz CT molecular complexity index is 842. The van der Waals surface area contributed by atoms with Crippen molar-refractivity contribution >= 4 is 5.91 Å². The minimum Gasteiger partial charge on any atom is -0.406 e. The van der Waals surface area contributed by atoms with Crippen LogP contribution in [0.3, 0.4) is 0 Å². The van der Waals surface area contributed by atoms with E-state index in [2.05, 4.69) is 25.3 Å². The van der Waals surface area contributed by atoms with Crippen LogP contribution in [0.1, 0.15) is 42.6 Å². The summed E-state index contributed by atoms with van der Waals surface area (Å²) in [5, 5.41) is 6.37. The van der Waals surface area contributed by atoms with Crippen LogP contribution in [0.15, 0.2) is 30.6 Å². The largest absolute Gasteiger partial charge is 0.573 e. The van der Waals surface area contributed by atoms with Crippen LogP contribution >= 0.6 is 0 Å². The molecule has 2 heterocycles. The van der Waals surface area contributed by atoms with Gasteiger partial charge < -0.3 is 15.0 Å². The van der Waals surface area contributed by atoms with Gasteiger partial charge in [-0.15, -0.1) is 13.2 Å². The molecule has 2 aliphatic rings. The van der Waals surface area contributed by atoms with E-state index in [0.717, 1.165) is 37.1 Å². The second kappa shape index (κ2) is 7.12. The molecule has 1 atom stereocenters. The smallest absolute Gasteiger partial charge is 0.406 e.